The van der Waals surface area contributed by atoms with Crippen LogP contribution in [0.2, 0.25) is 0 Å². The largest absolute Gasteiger partial charge is 1.00 e. The summed E-state index contributed by atoms with van der Waals surface area (Å²) in [5.74, 6) is 0. The Labute approximate surface area is 75.5 Å². The molecule has 0 aliphatic heterocycles. The average molecular weight is 180 g/mol. The summed E-state index contributed by atoms with van der Waals surface area (Å²) >= 11 is 0. The monoisotopic (exact) mass is 179 g/mol. The summed E-state index contributed by atoms with van der Waals surface area (Å²) in [7, 11) is 2.12. The molecule has 0 radical (unpaired) electrons. The van der Waals surface area contributed by atoms with Gasteiger partial charge in [-0.2, -0.15) is 0 Å². The lowest BCUT2D eigenvalue weighted by molar-refractivity contribution is -0.902. The number of hydrogen-bond acceptors (Lipinski definition) is 1. The second-order valence-electron chi connectivity index (χ2n) is 2.85. The van der Waals surface area contributed by atoms with Crippen LogP contribution < -0.4 is 12.4 Å². The normalized spacial score (nSPS) is 14.8. The first-order valence-corrected chi connectivity index (χ1v) is 3.74. The van der Waals surface area contributed by atoms with E-state index >= 15 is 0 Å². The summed E-state index contributed by atoms with van der Waals surface area (Å²) in [6, 6.07) is 0. The molecule has 0 rings (SSSR count). The van der Waals surface area contributed by atoms with Crippen molar-refractivity contribution in [3.8, 4) is 0 Å². The number of aliphatic hydroxyl groups is 1. The molecule has 0 aliphatic rings. The summed E-state index contributed by atoms with van der Waals surface area (Å²) in [6.07, 6.45) is 1.90. The van der Waals surface area contributed by atoms with Crippen LogP contribution in [0, 0.1) is 0 Å². The van der Waals surface area contributed by atoms with E-state index in [0.717, 1.165) is 24.1 Å². The number of rotatable bonds is 5. The second kappa shape index (κ2) is 6.65. The van der Waals surface area contributed by atoms with Crippen molar-refractivity contribution in [3.05, 3.63) is 12.7 Å². The fraction of sp³-hybridized carbons (Fsp3) is 0.750. The van der Waals surface area contributed by atoms with Crippen molar-refractivity contribution in [2.75, 3.05) is 33.3 Å². The Balaban J connectivity index is 0. The Hall–Kier alpha value is -0.0500. The first-order valence-electron chi connectivity index (χ1n) is 3.74. The average Bonchev–Trinajstić information content (AvgIpc) is 1.89. The zero-order valence-corrected chi connectivity index (χ0v) is 8.14. The van der Waals surface area contributed by atoms with E-state index < -0.39 is 0 Å². The van der Waals surface area contributed by atoms with Gasteiger partial charge in [0, 0.05) is 0 Å². The Morgan fingerprint density at radius 3 is 2.36 bits per heavy atom. The second-order valence-corrected chi connectivity index (χ2v) is 2.85. The van der Waals surface area contributed by atoms with Gasteiger partial charge in [0.2, 0.25) is 0 Å². The van der Waals surface area contributed by atoms with E-state index in [9.17, 15) is 0 Å². The molecular formula is C8H18ClNO. The van der Waals surface area contributed by atoms with Gasteiger partial charge in [0.1, 0.15) is 6.54 Å². The SMILES string of the molecule is C=CC[N+](C)(CC)CCO.[Cl-]. The molecule has 0 saturated carbocycles. The third-order valence-electron chi connectivity index (χ3n) is 1.97. The van der Waals surface area contributed by atoms with Crippen LogP contribution in [0.1, 0.15) is 6.92 Å². The summed E-state index contributed by atoms with van der Waals surface area (Å²) < 4.78 is 0.889. The summed E-state index contributed by atoms with van der Waals surface area (Å²) in [6.45, 7) is 8.88. The van der Waals surface area contributed by atoms with Gasteiger partial charge in [-0.1, -0.05) is 6.58 Å². The number of hydrogen-bond donors (Lipinski definition) is 1. The Morgan fingerprint density at radius 1 is 1.55 bits per heavy atom. The van der Waals surface area contributed by atoms with Gasteiger partial charge in [-0.25, -0.2) is 0 Å². The summed E-state index contributed by atoms with van der Waals surface area (Å²) in [4.78, 5) is 0. The maximum absolute atomic E-state index is 8.71. The van der Waals surface area contributed by atoms with Gasteiger partial charge in [-0.3, -0.25) is 0 Å². The third-order valence-corrected chi connectivity index (χ3v) is 1.97. The van der Waals surface area contributed by atoms with E-state index in [1.807, 2.05) is 6.08 Å². The van der Waals surface area contributed by atoms with Crippen LogP contribution in [0.3, 0.4) is 0 Å². The van der Waals surface area contributed by atoms with Crippen molar-refractivity contribution in [1.82, 2.24) is 0 Å². The lowest BCUT2D eigenvalue weighted by Crippen LogP contribution is -3.00. The van der Waals surface area contributed by atoms with Crippen LogP contribution >= 0.6 is 0 Å². The zero-order valence-electron chi connectivity index (χ0n) is 7.39. The highest BCUT2D eigenvalue weighted by Crippen LogP contribution is 1.99. The summed E-state index contributed by atoms with van der Waals surface area (Å²) in [5.41, 5.74) is 0. The minimum absolute atomic E-state index is 0. The molecule has 3 heteroatoms. The molecule has 1 N–H and O–H groups in total. The minimum Gasteiger partial charge on any atom is -1.00 e. The molecule has 1 unspecified atom stereocenters. The van der Waals surface area contributed by atoms with E-state index in [-0.39, 0.29) is 19.0 Å². The summed E-state index contributed by atoms with van der Waals surface area (Å²) in [5, 5.41) is 8.71. The van der Waals surface area contributed by atoms with Crippen LogP contribution in [0.25, 0.3) is 0 Å². The highest BCUT2D eigenvalue weighted by molar-refractivity contribution is 4.64. The number of nitrogens with zero attached hydrogens (tertiary/aromatic N) is 1. The van der Waals surface area contributed by atoms with Gasteiger partial charge in [0.15, 0.2) is 0 Å². The van der Waals surface area contributed by atoms with Gasteiger partial charge in [0.25, 0.3) is 0 Å². The Bertz CT molecular complexity index is 108. The van der Waals surface area contributed by atoms with Crippen LogP contribution in [0.4, 0.5) is 0 Å². The van der Waals surface area contributed by atoms with Gasteiger partial charge >= 0.3 is 0 Å². The van der Waals surface area contributed by atoms with Crippen LogP contribution in [0.15, 0.2) is 12.7 Å². The molecular weight excluding hydrogens is 162 g/mol. The number of aliphatic hydroxyl groups excluding tert-OH is 1. The van der Waals surface area contributed by atoms with E-state index in [4.69, 9.17) is 5.11 Å². The molecule has 0 aromatic rings. The minimum atomic E-state index is 0. The predicted octanol–water partition coefficient (Wildman–Crippen LogP) is -2.36. The molecule has 0 fully saturated rings. The molecule has 0 saturated heterocycles. The molecule has 0 spiro atoms. The van der Waals surface area contributed by atoms with E-state index in [1.165, 1.54) is 0 Å². The predicted molar refractivity (Wildman–Crippen MR) is 43.7 cm³/mol. The molecule has 11 heavy (non-hydrogen) atoms. The van der Waals surface area contributed by atoms with Crippen molar-refractivity contribution in [3.63, 3.8) is 0 Å². The fourth-order valence-electron chi connectivity index (χ4n) is 0.932. The molecule has 68 valence electrons. The molecule has 0 heterocycles. The zero-order chi connectivity index (χ0) is 8.04. The van der Waals surface area contributed by atoms with Gasteiger partial charge in [-0.15, -0.1) is 0 Å². The third kappa shape index (κ3) is 5.24. The quantitative estimate of drug-likeness (QED) is 0.370. The van der Waals surface area contributed by atoms with Crippen molar-refractivity contribution >= 4 is 0 Å². The highest BCUT2D eigenvalue weighted by atomic mass is 35.5. The maximum atomic E-state index is 8.71. The number of quaternary nitrogens is 1. The number of likely N-dealkylation sites (N-methyl/N-ethyl adjacent to an activating group) is 1. The van der Waals surface area contributed by atoms with E-state index in [1.54, 1.807) is 0 Å². The van der Waals surface area contributed by atoms with Crippen LogP contribution in [0.5, 0.6) is 0 Å². The van der Waals surface area contributed by atoms with Crippen LogP contribution in [-0.4, -0.2) is 42.9 Å². The molecule has 0 aromatic heterocycles. The van der Waals surface area contributed by atoms with Crippen molar-refractivity contribution in [2.24, 2.45) is 0 Å². The molecule has 0 amide bonds. The van der Waals surface area contributed by atoms with Gasteiger partial charge < -0.3 is 22.0 Å². The lowest BCUT2D eigenvalue weighted by atomic mass is 10.4. The Morgan fingerprint density at radius 2 is 2.09 bits per heavy atom. The molecule has 2 nitrogen and oxygen atoms in total. The number of halogens is 1. The van der Waals surface area contributed by atoms with Crippen LogP contribution in [-0.2, 0) is 0 Å². The maximum Gasteiger partial charge on any atom is 0.102 e. The highest BCUT2D eigenvalue weighted by Gasteiger charge is 2.14. The molecule has 0 aromatic carbocycles. The van der Waals surface area contributed by atoms with Crippen molar-refractivity contribution < 1.29 is 22.0 Å². The van der Waals surface area contributed by atoms with Crippen molar-refractivity contribution in [1.29, 1.82) is 0 Å². The van der Waals surface area contributed by atoms with E-state index in [0.29, 0.717) is 0 Å². The van der Waals surface area contributed by atoms with Crippen molar-refractivity contribution in [2.45, 2.75) is 6.92 Å². The standard InChI is InChI=1S/C8H18NO.ClH/c1-4-6-9(3,5-2)7-8-10;/h4,10H,1,5-8H2,2-3H3;1H/q+1;/p-1. The Kier molecular flexibility index (Phi) is 8.18. The molecule has 1 atom stereocenters. The first-order chi connectivity index (χ1) is 4.68. The smallest absolute Gasteiger partial charge is 0.102 e. The van der Waals surface area contributed by atoms with Gasteiger partial charge in [-0.05, 0) is 13.0 Å². The topological polar surface area (TPSA) is 20.2 Å². The first kappa shape index (κ1) is 13.5. The lowest BCUT2D eigenvalue weighted by Gasteiger charge is -2.31. The fourth-order valence-corrected chi connectivity index (χ4v) is 0.932. The molecule has 0 bridgehead atoms. The van der Waals surface area contributed by atoms with E-state index in [2.05, 4.69) is 20.6 Å². The molecule has 0 aliphatic carbocycles. The van der Waals surface area contributed by atoms with Gasteiger partial charge in [0.05, 0.1) is 26.7 Å².